The molecular weight excluding hydrogens is 271 g/mol. The van der Waals surface area contributed by atoms with Crippen molar-refractivity contribution < 1.29 is 4.39 Å². The predicted molar refractivity (Wildman–Crippen MR) is 98.3 cm³/mol. The molecule has 0 radical (unpaired) electrons. The highest BCUT2D eigenvalue weighted by atomic mass is 19.1. The molecule has 116 valence electrons. The first-order chi connectivity index (χ1) is 10.1. The van der Waals surface area contributed by atoms with Crippen molar-refractivity contribution in [2.24, 2.45) is 0 Å². The lowest BCUT2D eigenvalue weighted by atomic mass is 9.97. The summed E-state index contributed by atoms with van der Waals surface area (Å²) >= 11 is 0. The predicted octanol–water partition coefficient (Wildman–Crippen LogP) is 6.72. The molecule has 0 aliphatic heterocycles. The summed E-state index contributed by atoms with van der Waals surface area (Å²) in [5, 5.41) is 0. The lowest BCUT2D eigenvalue weighted by Gasteiger charge is -2.09. The van der Waals surface area contributed by atoms with Gasteiger partial charge in [-0.2, -0.15) is 0 Å². The van der Waals surface area contributed by atoms with Crippen molar-refractivity contribution in [3.63, 3.8) is 0 Å². The van der Waals surface area contributed by atoms with Gasteiger partial charge in [0.25, 0.3) is 0 Å². The molecule has 0 fully saturated rings. The summed E-state index contributed by atoms with van der Waals surface area (Å²) in [5.74, 6) is -0.437. The largest absolute Gasteiger partial charge is 0.206 e. The Morgan fingerprint density at radius 2 is 1.23 bits per heavy atom. The van der Waals surface area contributed by atoms with E-state index < -0.39 is 5.83 Å². The van der Waals surface area contributed by atoms with Gasteiger partial charge in [-0.05, 0) is 49.1 Å². The molecule has 0 nitrogen and oxygen atoms in total. The smallest absolute Gasteiger partial charge is 0.130 e. The van der Waals surface area contributed by atoms with Crippen molar-refractivity contribution in [3.8, 4) is 0 Å². The van der Waals surface area contributed by atoms with Gasteiger partial charge in [-0.25, -0.2) is 4.39 Å². The van der Waals surface area contributed by atoms with Crippen molar-refractivity contribution in [2.75, 3.05) is 0 Å². The van der Waals surface area contributed by atoms with E-state index >= 15 is 0 Å². The maximum absolute atomic E-state index is 13.9. The van der Waals surface area contributed by atoms with Gasteiger partial charge in [0, 0.05) is 5.57 Å². The highest BCUT2D eigenvalue weighted by Crippen LogP contribution is 2.24. The number of hydrogen-bond donors (Lipinski definition) is 0. The third kappa shape index (κ3) is 6.85. The first kappa shape index (κ1) is 19.6. The Bertz CT molecular complexity index is 631. The van der Waals surface area contributed by atoms with E-state index in [1.165, 1.54) is 6.08 Å². The number of halogens is 1. The van der Waals surface area contributed by atoms with E-state index in [0.717, 1.165) is 22.3 Å². The third-order valence-electron chi connectivity index (χ3n) is 2.87. The molecule has 0 aromatic heterocycles. The van der Waals surface area contributed by atoms with Gasteiger partial charge in [0.15, 0.2) is 0 Å². The molecule has 0 amide bonds. The van der Waals surface area contributed by atoms with Crippen LogP contribution in [0, 0.1) is 0 Å². The van der Waals surface area contributed by atoms with Crippen molar-refractivity contribution >= 4 is 0 Å². The van der Waals surface area contributed by atoms with Crippen LogP contribution in [0.25, 0.3) is 0 Å². The number of hydrogen-bond acceptors (Lipinski definition) is 0. The van der Waals surface area contributed by atoms with Crippen LogP contribution in [0.4, 0.5) is 4.39 Å². The molecule has 0 heterocycles. The minimum atomic E-state index is -0.437. The quantitative estimate of drug-likeness (QED) is 0.436. The first-order valence-corrected chi connectivity index (χ1v) is 6.88. The minimum Gasteiger partial charge on any atom is -0.206 e. The van der Waals surface area contributed by atoms with Gasteiger partial charge >= 0.3 is 0 Å². The van der Waals surface area contributed by atoms with Gasteiger partial charge in [0.1, 0.15) is 5.83 Å². The van der Waals surface area contributed by atoms with Crippen LogP contribution in [0.1, 0.15) is 20.8 Å². The zero-order valence-corrected chi connectivity index (χ0v) is 13.9. The van der Waals surface area contributed by atoms with E-state index in [2.05, 4.69) is 39.5 Å². The topological polar surface area (TPSA) is 0 Å². The molecule has 0 rings (SSSR count). The first-order valence-electron chi connectivity index (χ1n) is 6.88. The second kappa shape index (κ2) is 8.78. The molecule has 0 aliphatic carbocycles. The second-order valence-corrected chi connectivity index (χ2v) is 5.35. The lowest BCUT2D eigenvalue weighted by molar-refractivity contribution is 0.655. The van der Waals surface area contributed by atoms with Crippen LogP contribution in [-0.4, -0.2) is 0 Å². The van der Waals surface area contributed by atoms with Crippen LogP contribution in [0.3, 0.4) is 0 Å². The summed E-state index contributed by atoms with van der Waals surface area (Å²) in [6.07, 6.45) is 6.79. The van der Waals surface area contributed by atoms with Crippen LogP contribution in [0.2, 0.25) is 0 Å². The molecule has 0 aromatic rings. The zero-order chi connectivity index (χ0) is 17.4. The molecule has 0 unspecified atom stereocenters. The minimum absolute atomic E-state index is 0.234. The maximum atomic E-state index is 13.9. The Morgan fingerprint density at radius 1 is 0.682 bits per heavy atom. The molecule has 0 aromatic carbocycles. The van der Waals surface area contributed by atoms with E-state index in [-0.39, 0.29) is 5.57 Å². The highest BCUT2D eigenvalue weighted by Gasteiger charge is 2.06. The fourth-order valence-corrected chi connectivity index (χ4v) is 1.49. The Morgan fingerprint density at radius 3 is 1.68 bits per heavy atom. The van der Waals surface area contributed by atoms with E-state index in [1.54, 1.807) is 13.0 Å². The Kier molecular flexibility index (Phi) is 7.82. The summed E-state index contributed by atoms with van der Waals surface area (Å²) in [7, 11) is 0. The molecule has 22 heavy (non-hydrogen) atoms. The molecule has 0 N–H and O–H groups in total. The molecule has 0 atom stereocenters. The number of rotatable bonds is 8. The van der Waals surface area contributed by atoms with Gasteiger partial charge in [-0.1, -0.05) is 68.8 Å². The average Bonchev–Trinajstić information content (AvgIpc) is 2.41. The van der Waals surface area contributed by atoms with Crippen LogP contribution >= 0.6 is 0 Å². The Labute approximate surface area is 134 Å². The standard InChI is InChI=1S/C21H25F/c1-14(2)10-11-16(5)19(8)17(6)13-18(7)20(9)21(22)12-15(3)4/h10-13H,1,3,5,7-9H2,2,4,6H3/b11-10-,17-13-,21-12+. The van der Waals surface area contributed by atoms with Gasteiger partial charge < -0.3 is 0 Å². The molecule has 1 heteroatoms. The molecule has 0 saturated carbocycles. The fourth-order valence-electron chi connectivity index (χ4n) is 1.49. The Balaban J connectivity index is 5.13. The van der Waals surface area contributed by atoms with Crippen molar-refractivity contribution in [1.29, 1.82) is 0 Å². The van der Waals surface area contributed by atoms with Gasteiger partial charge in [0.05, 0.1) is 0 Å². The van der Waals surface area contributed by atoms with Crippen LogP contribution in [-0.2, 0) is 0 Å². The second-order valence-electron chi connectivity index (χ2n) is 5.35. The lowest BCUT2D eigenvalue weighted by Crippen LogP contribution is -1.91. The molecular formula is C21H25F. The van der Waals surface area contributed by atoms with Gasteiger partial charge in [-0.15, -0.1) is 0 Å². The fraction of sp³-hybridized carbons (Fsp3) is 0.143. The van der Waals surface area contributed by atoms with Crippen LogP contribution in [0.5, 0.6) is 0 Å². The zero-order valence-electron chi connectivity index (χ0n) is 13.9. The van der Waals surface area contributed by atoms with E-state index in [0.29, 0.717) is 11.1 Å². The number of allylic oxidation sites excluding steroid dienone is 12. The Hall–Kier alpha value is -2.41. The van der Waals surface area contributed by atoms with Gasteiger partial charge in [-0.3, -0.25) is 0 Å². The normalized spacial score (nSPS) is 12.2. The van der Waals surface area contributed by atoms with Crippen molar-refractivity contribution in [2.45, 2.75) is 20.8 Å². The van der Waals surface area contributed by atoms with E-state index in [4.69, 9.17) is 0 Å². The molecule has 0 saturated heterocycles. The monoisotopic (exact) mass is 296 g/mol. The summed E-state index contributed by atoms with van der Waals surface area (Å²) in [6, 6.07) is 0. The summed E-state index contributed by atoms with van der Waals surface area (Å²) < 4.78 is 13.9. The van der Waals surface area contributed by atoms with Crippen LogP contribution < -0.4 is 0 Å². The van der Waals surface area contributed by atoms with Crippen molar-refractivity contribution in [3.05, 3.63) is 109 Å². The maximum Gasteiger partial charge on any atom is 0.130 e. The van der Waals surface area contributed by atoms with Crippen molar-refractivity contribution in [1.82, 2.24) is 0 Å². The molecule has 0 spiro atoms. The molecule has 0 aliphatic rings. The molecule has 0 bridgehead atoms. The summed E-state index contributed by atoms with van der Waals surface area (Å²) in [6.45, 7) is 28.4. The SMILES string of the molecule is C=C(C)/C=C\C(=C)C(=C)/C(C)=C\C(=C)C(=C)/C(F)=C\C(=C)C. The third-order valence-corrected chi connectivity index (χ3v) is 2.87. The van der Waals surface area contributed by atoms with Gasteiger partial charge in [0.2, 0.25) is 0 Å². The van der Waals surface area contributed by atoms with E-state index in [1.807, 2.05) is 26.0 Å². The highest BCUT2D eigenvalue weighted by molar-refractivity contribution is 5.55. The average molecular weight is 296 g/mol. The van der Waals surface area contributed by atoms with E-state index in [9.17, 15) is 4.39 Å². The van der Waals surface area contributed by atoms with Crippen LogP contribution in [0.15, 0.2) is 109 Å². The summed E-state index contributed by atoms with van der Waals surface area (Å²) in [4.78, 5) is 0. The summed E-state index contributed by atoms with van der Waals surface area (Å²) in [5.41, 5.74) is 4.66.